The molecule has 8 heteroatoms. The lowest BCUT2D eigenvalue weighted by atomic mass is 9.90. The van der Waals surface area contributed by atoms with Gasteiger partial charge in [-0.1, -0.05) is 0 Å². The third-order valence-electron chi connectivity index (χ3n) is 4.19. The lowest BCUT2D eigenvalue weighted by Crippen LogP contribution is -2.28. The van der Waals surface area contributed by atoms with Crippen LogP contribution in [0.3, 0.4) is 0 Å². The van der Waals surface area contributed by atoms with Gasteiger partial charge in [0.05, 0.1) is 23.5 Å². The molecule has 1 amide bonds. The van der Waals surface area contributed by atoms with E-state index in [1.807, 2.05) is 45.4 Å². The van der Waals surface area contributed by atoms with Crippen LogP contribution in [0.4, 0.5) is 5.69 Å². The molecule has 0 aromatic carbocycles. The predicted octanol–water partition coefficient (Wildman–Crippen LogP) is 2.22. The Morgan fingerprint density at radius 1 is 1.29 bits per heavy atom. The maximum absolute atomic E-state index is 12.6. The van der Waals surface area contributed by atoms with Crippen LogP contribution in [-0.2, 0) is 11.8 Å². The highest BCUT2D eigenvalue weighted by atomic mass is 35.5. The Morgan fingerprint density at radius 3 is 2.67 bits per heavy atom. The number of carbonyl (C=O) groups is 1. The van der Waals surface area contributed by atoms with Crippen LogP contribution in [0.15, 0.2) is 24.5 Å². The molecule has 0 aliphatic carbocycles. The van der Waals surface area contributed by atoms with E-state index in [0.29, 0.717) is 6.54 Å². The van der Waals surface area contributed by atoms with E-state index in [2.05, 4.69) is 20.7 Å². The van der Waals surface area contributed by atoms with Gasteiger partial charge in [0, 0.05) is 37.9 Å². The number of aromatic nitrogens is 3. The highest BCUT2D eigenvalue weighted by molar-refractivity contribution is 5.94. The number of aryl methyl sites for hydroxylation is 3. The molecule has 132 valence electrons. The van der Waals surface area contributed by atoms with Crippen LogP contribution in [0.2, 0.25) is 0 Å². The monoisotopic (exact) mass is 371 g/mol. The zero-order valence-electron chi connectivity index (χ0n) is 13.9. The van der Waals surface area contributed by atoms with Gasteiger partial charge in [0.15, 0.2) is 0 Å². The normalized spacial score (nSPS) is 19.3. The summed E-state index contributed by atoms with van der Waals surface area (Å²) in [6.45, 7) is 5.34. The number of nitrogens with zero attached hydrogens (tertiary/aromatic N) is 3. The van der Waals surface area contributed by atoms with Crippen molar-refractivity contribution in [2.24, 2.45) is 13.0 Å². The Balaban J connectivity index is 0.00000144. The minimum absolute atomic E-state index is 0. The number of pyridine rings is 1. The second-order valence-corrected chi connectivity index (χ2v) is 5.89. The summed E-state index contributed by atoms with van der Waals surface area (Å²) in [4.78, 5) is 17.0. The number of rotatable bonds is 3. The van der Waals surface area contributed by atoms with Crippen LogP contribution in [0.25, 0.3) is 0 Å². The lowest BCUT2D eigenvalue weighted by molar-refractivity contribution is -0.119. The fourth-order valence-corrected chi connectivity index (χ4v) is 2.98. The standard InChI is InChI=1S/C16H21N5O.2ClH/c1-10-4-5-15(11(2)19-10)20-16(22)14-8-17-7-13(14)12-6-18-21(3)9-12;;/h4-6,9,13-14,17H,7-8H2,1-3H3,(H,20,22);2*1H/t13-,14+;;/m1../s1. The molecule has 2 atom stereocenters. The first-order valence-electron chi connectivity index (χ1n) is 7.49. The summed E-state index contributed by atoms with van der Waals surface area (Å²) >= 11 is 0. The highest BCUT2D eigenvalue weighted by Crippen LogP contribution is 2.29. The second kappa shape index (κ2) is 8.46. The number of amides is 1. The van der Waals surface area contributed by atoms with Crippen molar-refractivity contribution in [3.8, 4) is 0 Å². The fourth-order valence-electron chi connectivity index (χ4n) is 2.98. The summed E-state index contributed by atoms with van der Waals surface area (Å²) < 4.78 is 1.77. The van der Waals surface area contributed by atoms with E-state index in [1.165, 1.54) is 0 Å². The molecule has 1 aliphatic heterocycles. The van der Waals surface area contributed by atoms with E-state index >= 15 is 0 Å². The molecule has 1 aliphatic rings. The summed E-state index contributed by atoms with van der Waals surface area (Å²) in [5.41, 5.74) is 3.68. The number of hydrogen-bond acceptors (Lipinski definition) is 4. The Hall–Kier alpha value is -1.63. The smallest absolute Gasteiger partial charge is 0.229 e. The van der Waals surface area contributed by atoms with Crippen molar-refractivity contribution in [1.82, 2.24) is 20.1 Å². The summed E-state index contributed by atoms with van der Waals surface area (Å²) in [6.07, 6.45) is 3.83. The van der Waals surface area contributed by atoms with Crippen molar-refractivity contribution in [2.45, 2.75) is 19.8 Å². The molecule has 3 heterocycles. The molecule has 2 aromatic heterocycles. The van der Waals surface area contributed by atoms with Gasteiger partial charge in [-0.15, -0.1) is 24.8 Å². The zero-order valence-corrected chi connectivity index (χ0v) is 15.6. The first-order chi connectivity index (χ1) is 10.5. The molecular formula is C16H23Cl2N5O. The van der Waals surface area contributed by atoms with Crippen LogP contribution in [0.1, 0.15) is 22.9 Å². The van der Waals surface area contributed by atoms with Crippen molar-refractivity contribution >= 4 is 36.4 Å². The molecule has 24 heavy (non-hydrogen) atoms. The summed E-state index contributed by atoms with van der Waals surface area (Å²) in [5.74, 6) is 0.102. The van der Waals surface area contributed by atoms with E-state index in [4.69, 9.17) is 0 Å². The molecule has 0 radical (unpaired) electrons. The van der Waals surface area contributed by atoms with Crippen LogP contribution < -0.4 is 10.6 Å². The van der Waals surface area contributed by atoms with Crippen molar-refractivity contribution < 1.29 is 4.79 Å². The van der Waals surface area contributed by atoms with E-state index in [-0.39, 0.29) is 42.6 Å². The van der Waals surface area contributed by atoms with Gasteiger partial charge in [0.2, 0.25) is 5.91 Å². The molecule has 0 spiro atoms. The number of carbonyl (C=O) groups excluding carboxylic acids is 1. The Labute approximate surface area is 154 Å². The Morgan fingerprint density at radius 2 is 2.04 bits per heavy atom. The largest absolute Gasteiger partial charge is 0.324 e. The van der Waals surface area contributed by atoms with Gasteiger partial charge < -0.3 is 10.6 Å². The van der Waals surface area contributed by atoms with Gasteiger partial charge in [-0.3, -0.25) is 14.5 Å². The molecule has 0 saturated carbocycles. The summed E-state index contributed by atoms with van der Waals surface area (Å²) in [6, 6.07) is 3.82. The molecule has 3 rings (SSSR count). The van der Waals surface area contributed by atoms with Crippen molar-refractivity contribution in [2.75, 3.05) is 18.4 Å². The summed E-state index contributed by atoms with van der Waals surface area (Å²) in [5, 5.41) is 10.5. The number of hydrogen-bond donors (Lipinski definition) is 2. The molecule has 1 fully saturated rings. The second-order valence-electron chi connectivity index (χ2n) is 5.89. The SMILES string of the molecule is Cc1ccc(NC(=O)[C@H]2CNC[C@@H]2c2cnn(C)c2)c(C)n1.Cl.Cl. The van der Waals surface area contributed by atoms with E-state index < -0.39 is 0 Å². The van der Waals surface area contributed by atoms with Gasteiger partial charge >= 0.3 is 0 Å². The summed E-state index contributed by atoms with van der Waals surface area (Å²) in [7, 11) is 1.89. The number of nitrogens with one attached hydrogen (secondary N) is 2. The first kappa shape index (κ1) is 20.4. The molecule has 0 unspecified atom stereocenters. The Bertz CT molecular complexity index is 704. The number of halogens is 2. The lowest BCUT2D eigenvalue weighted by Gasteiger charge is -2.17. The minimum atomic E-state index is -0.0927. The number of anilines is 1. The quantitative estimate of drug-likeness (QED) is 0.867. The van der Waals surface area contributed by atoms with Gasteiger partial charge in [-0.2, -0.15) is 5.10 Å². The molecule has 0 bridgehead atoms. The molecule has 6 nitrogen and oxygen atoms in total. The topological polar surface area (TPSA) is 71.8 Å². The van der Waals surface area contributed by atoms with Crippen LogP contribution in [-0.4, -0.2) is 33.8 Å². The molecule has 2 aromatic rings. The van der Waals surface area contributed by atoms with Crippen LogP contribution >= 0.6 is 24.8 Å². The van der Waals surface area contributed by atoms with Gasteiger partial charge in [0.1, 0.15) is 0 Å². The van der Waals surface area contributed by atoms with E-state index in [9.17, 15) is 4.79 Å². The van der Waals surface area contributed by atoms with E-state index in [1.54, 1.807) is 4.68 Å². The molecule has 2 N–H and O–H groups in total. The third kappa shape index (κ3) is 4.26. The zero-order chi connectivity index (χ0) is 15.7. The predicted molar refractivity (Wildman–Crippen MR) is 99.1 cm³/mol. The van der Waals surface area contributed by atoms with Crippen molar-refractivity contribution in [3.05, 3.63) is 41.5 Å². The van der Waals surface area contributed by atoms with Crippen LogP contribution in [0, 0.1) is 19.8 Å². The van der Waals surface area contributed by atoms with Gasteiger partial charge in [-0.25, -0.2) is 0 Å². The first-order valence-corrected chi connectivity index (χ1v) is 7.49. The molecule has 1 saturated heterocycles. The maximum Gasteiger partial charge on any atom is 0.229 e. The fraction of sp³-hybridized carbons (Fsp3) is 0.438. The Kier molecular flexibility index (Phi) is 7.20. The van der Waals surface area contributed by atoms with Crippen LogP contribution in [0.5, 0.6) is 0 Å². The van der Waals surface area contributed by atoms with Gasteiger partial charge in [-0.05, 0) is 31.5 Å². The molecular weight excluding hydrogens is 349 g/mol. The van der Waals surface area contributed by atoms with Crippen molar-refractivity contribution in [1.29, 1.82) is 0 Å². The van der Waals surface area contributed by atoms with E-state index in [0.717, 1.165) is 29.2 Å². The highest BCUT2D eigenvalue weighted by Gasteiger charge is 2.34. The van der Waals surface area contributed by atoms with Gasteiger partial charge in [0.25, 0.3) is 0 Å². The maximum atomic E-state index is 12.6. The average molecular weight is 372 g/mol. The minimum Gasteiger partial charge on any atom is -0.324 e. The average Bonchev–Trinajstić information content (AvgIpc) is 3.10. The van der Waals surface area contributed by atoms with Crippen molar-refractivity contribution in [3.63, 3.8) is 0 Å². The third-order valence-corrected chi connectivity index (χ3v) is 4.19.